The van der Waals surface area contributed by atoms with Gasteiger partial charge in [-0.1, -0.05) is 24.8 Å². The fraction of sp³-hybridized carbons (Fsp3) is 0.562. The van der Waals surface area contributed by atoms with E-state index in [9.17, 15) is 0 Å². The molecule has 0 bridgehead atoms. The van der Waals surface area contributed by atoms with Gasteiger partial charge >= 0.3 is 0 Å². The van der Waals surface area contributed by atoms with E-state index in [4.69, 9.17) is 4.74 Å². The molecular weight excluding hydrogens is 282 g/mol. The van der Waals surface area contributed by atoms with Crippen molar-refractivity contribution in [1.82, 2.24) is 15.3 Å². The number of ether oxygens (including phenoxy) is 1. The largest absolute Gasteiger partial charge is 0.381 e. The van der Waals surface area contributed by atoms with Gasteiger partial charge in [0.05, 0.1) is 17.6 Å². The number of thioether (sulfide) groups is 1. The summed E-state index contributed by atoms with van der Waals surface area (Å²) >= 11 is 1.80. The Morgan fingerprint density at radius 3 is 3.19 bits per heavy atom. The fourth-order valence-corrected chi connectivity index (χ4v) is 3.90. The summed E-state index contributed by atoms with van der Waals surface area (Å²) in [5.74, 6) is 1.66. The van der Waals surface area contributed by atoms with Crippen LogP contribution < -0.4 is 5.32 Å². The molecule has 3 rings (SSSR count). The number of aromatic amines is 1. The lowest BCUT2D eigenvalue weighted by atomic mass is 10.0. The average Bonchev–Trinajstić information content (AvgIpc) is 3.12. The van der Waals surface area contributed by atoms with Gasteiger partial charge in [0.25, 0.3) is 0 Å². The number of aromatic nitrogens is 2. The van der Waals surface area contributed by atoms with Gasteiger partial charge in [-0.3, -0.25) is 0 Å². The van der Waals surface area contributed by atoms with Crippen molar-refractivity contribution in [3.8, 4) is 0 Å². The van der Waals surface area contributed by atoms with Crippen LogP contribution in [0.25, 0.3) is 11.0 Å². The molecule has 0 saturated carbocycles. The maximum Gasteiger partial charge on any atom is 0.166 e. The van der Waals surface area contributed by atoms with Gasteiger partial charge in [-0.15, -0.1) is 0 Å². The van der Waals surface area contributed by atoms with E-state index < -0.39 is 0 Å². The highest BCUT2D eigenvalue weighted by molar-refractivity contribution is 7.99. The van der Waals surface area contributed by atoms with E-state index in [0.29, 0.717) is 12.0 Å². The highest BCUT2D eigenvalue weighted by atomic mass is 32.2. The van der Waals surface area contributed by atoms with Gasteiger partial charge < -0.3 is 15.0 Å². The molecule has 0 radical (unpaired) electrons. The van der Waals surface area contributed by atoms with Crippen LogP contribution in [0.2, 0.25) is 0 Å². The Labute approximate surface area is 130 Å². The van der Waals surface area contributed by atoms with Crippen molar-refractivity contribution in [3.05, 3.63) is 23.8 Å². The first-order valence-electron chi connectivity index (χ1n) is 7.66. The smallest absolute Gasteiger partial charge is 0.166 e. The Balaban J connectivity index is 1.65. The van der Waals surface area contributed by atoms with Crippen LogP contribution in [-0.4, -0.2) is 41.5 Å². The molecule has 0 amide bonds. The number of imidazole rings is 1. The second-order valence-electron chi connectivity index (χ2n) is 5.66. The molecule has 4 nitrogen and oxygen atoms in total. The monoisotopic (exact) mass is 305 g/mol. The molecule has 1 aromatic heterocycles. The molecule has 2 unspecified atom stereocenters. The lowest BCUT2D eigenvalue weighted by Crippen LogP contribution is -2.38. The van der Waals surface area contributed by atoms with Gasteiger partial charge in [0.2, 0.25) is 0 Å². The van der Waals surface area contributed by atoms with Crippen molar-refractivity contribution < 1.29 is 4.74 Å². The van der Waals surface area contributed by atoms with E-state index in [1.165, 1.54) is 5.56 Å². The number of nitrogens with zero attached hydrogens (tertiary/aromatic N) is 1. The van der Waals surface area contributed by atoms with Gasteiger partial charge in [-0.2, -0.15) is 0 Å². The summed E-state index contributed by atoms with van der Waals surface area (Å²) in [6, 6.07) is 6.84. The van der Waals surface area contributed by atoms with Crippen molar-refractivity contribution in [2.45, 2.75) is 31.5 Å². The molecule has 1 saturated heterocycles. The van der Waals surface area contributed by atoms with Crippen LogP contribution in [0, 0.1) is 12.8 Å². The Bertz CT molecular complexity index is 592. The maximum atomic E-state index is 5.52. The second kappa shape index (κ2) is 6.81. The quantitative estimate of drug-likeness (QED) is 0.806. The number of H-pyrrole nitrogens is 1. The van der Waals surface area contributed by atoms with Crippen LogP contribution >= 0.6 is 11.8 Å². The number of hydrogen-bond acceptors (Lipinski definition) is 4. The molecule has 1 aromatic carbocycles. The highest BCUT2D eigenvalue weighted by Gasteiger charge is 2.25. The summed E-state index contributed by atoms with van der Waals surface area (Å²) in [6.45, 7) is 7.06. The summed E-state index contributed by atoms with van der Waals surface area (Å²) in [5.41, 5.74) is 3.44. The van der Waals surface area contributed by atoms with Gasteiger partial charge in [0.15, 0.2) is 5.16 Å². The van der Waals surface area contributed by atoms with Gasteiger partial charge in [-0.05, 0) is 37.6 Å². The van der Waals surface area contributed by atoms with Gasteiger partial charge in [-0.25, -0.2) is 4.98 Å². The molecule has 2 heterocycles. The minimum absolute atomic E-state index is 0.498. The minimum atomic E-state index is 0.498. The molecule has 0 aliphatic carbocycles. The first-order valence-corrected chi connectivity index (χ1v) is 8.65. The van der Waals surface area contributed by atoms with E-state index in [1.54, 1.807) is 11.8 Å². The third-order valence-electron chi connectivity index (χ3n) is 4.02. The number of hydrogen-bond donors (Lipinski definition) is 2. The lowest BCUT2D eigenvalue weighted by Gasteiger charge is -2.22. The Hall–Kier alpha value is -1.04. The Morgan fingerprint density at radius 2 is 2.43 bits per heavy atom. The summed E-state index contributed by atoms with van der Waals surface area (Å²) in [5, 5.41) is 4.61. The predicted octanol–water partition coefficient (Wildman–Crippen LogP) is 2.98. The third-order valence-corrected chi connectivity index (χ3v) is 5.01. The topological polar surface area (TPSA) is 49.9 Å². The zero-order valence-electron chi connectivity index (χ0n) is 12.7. The van der Waals surface area contributed by atoms with Crippen molar-refractivity contribution >= 4 is 22.8 Å². The van der Waals surface area contributed by atoms with E-state index in [-0.39, 0.29) is 0 Å². The number of fused-ring (bicyclic) bond motifs is 1. The van der Waals surface area contributed by atoms with Crippen molar-refractivity contribution in [3.63, 3.8) is 0 Å². The van der Waals surface area contributed by atoms with Crippen molar-refractivity contribution in [1.29, 1.82) is 0 Å². The molecular formula is C16H23N3OS. The molecule has 2 aromatic rings. The molecule has 1 fully saturated rings. The zero-order valence-corrected chi connectivity index (χ0v) is 13.5. The summed E-state index contributed by atoms with van der Waals surface area (Å²) in [4.78, 5) is 8.08. The van der Waals surface area contributed by atoms with Crippen LogP contribution in [0.5, 0.6) is 0 Å². The number of benzene rings is 1. The number of aryl methyl sites for hydroxylation is 1. The van der Waals surface area contributed by atoms with E-state index in [2.05, 4.69) is 47.3 Å². The zero-order chi connectivity index (χ0) is 14.7. The van der Waals surface area contributed by atoms with E-state index in [1.807, 2.05) is 0 Å². The van der Waals surface area contributed by atoms with E-state index >= 15 is 0 Å². The number of rotatable bonds is 6. The number of nitrogens with one attached hydrogen (secondary N) is 2. The normalized spacial score (nSPS) is 20.2. The summed E-state index contributed by atoms with van der Waals surface area (Å²) < 4.78 is 5.52. The predicted molar refractivity (Wildman–Crippen MR) is 87.9 cm³/mol. The fourth-order valence-electron chi connectivity index (χ4n) is 2.83. The molecule has 0 spiro atoms. The molecule has 5 heteroatoms. The highest BCUT2D eigenvalue weighted by Crippen LogP contribution is 2.25. The molecule has 21 heavy (non-hydrogen) atoms. The second-order valence-corrected chi connectivity index (χ2v) is 6.67. The van der Waals surface area contributed by atoms with Crippen LogP contribution in [0.3, 0.4) is 0 Å². The van der Waals surface area contributed by atoms with Crippen molar-refractivity contribution in [2.75, 3.05) is 25.5 Å². The van der Waals surface area contributed by atoms with Crippen LogP contribution in [-0.2, 0) is 4.74 Å². The molecule has 1 aliphatic heterocycles. The Morgan fingerprint density at radius 1 is 1.52 bits per heavy atom. The van der Waals surface area contributed by atoms with Gasteiger partial charge in [0.1, 0.15) is 0 Å². The maximum absolute atomic E-state index is 5.52. The average molecular weight is 305 g/mol. The SMILES string of the molecule is CCNC(CSc1nc2ccc(C)cc2[nH]1)C1CCOC1. The Kier molecular flexibility index (Phi) is 4.83. The molecule has 114 valence electrons. The van der Waals surface area contributed by atoms with E-state index in [0.717, 1.165) is 48.1 Å². The first kappa shape index (κ1) is 14.9. The molecule has 2 atom stereocenters. The minimum Gasteiger partial charge on any atom is -0.381 e. The van der Waals surface area contributed by atoms with Crippen LogP contribution in [0.1, 0.15) is 18.9 Å². The van der Waals surface area contributed by atoms with Crippen LogP contribution in [0.15, 0.2) is 23.4 Å². The van der Waals surface area contributed by atoms with Crippen molar-refractivity contribution in [2.24, 2.45) is 5.92 Å². The van der Waals surface area contributed by atoms with Gasteiger partial charge in [0, 0.05) is 24.3 Å². The molecule has 2 N–H and O–H groups in total. The standard InChI is InChI=1S/C16H23N3OS/c1-3-17-15(12-6-7-20-9-12)10-21-16-18-13-5-4-11(2)8-14(13)19-16/h4-5,8,12,15,17H,3,6-7,9-10H2,1-2H3,(H,18,19). The summed E-state index contributed by atoms with van der Waals surface area (Å²) in [7, 11) is 0. The molecule has 1 aliphatic rings. The first-order chi connectivity index (χ1) is 10.3. The lowest BCUT2D eigenvalue weighted by molar-refractivity contribution is 0.179. The van der Waals surface area contributed by atoms with Crippen LogP contribution in [0.4, 0.5) is 0 Å². The summed E-state index contributed by atoms with van der Waals surface area (Å²) in [6.07, 6.45) is 1.16. The third kappa shape index (κ3) is 3.59.